The molecule has 1 unspecified atom stereocenters. The van der Waals surface area contributed by atoms with Crippen molar-refractivity contribution in [1.82, 2.24) is 14.6 Å². The van der Waals surface area contributed by atoms with Crippen LogP contribution in [0.15, 0.2) is 33.7 Å². The van der Waals surface area contributed by atoms with Gasteiger partial charge in [-0.15, -0.1) is 5.10 Å². The van der Waals surface area contributed by atoms with Crippen LogP contribution in [0.4, 0.5) is 5.13 Å². The van der Waals surface area contributed by atoms with Crippen molar-refractivity contribution >= 4 is 21.4 Å². The van der Waals surface area contributed by atoms with E-state index in [1.165, 1.54) is 21.9 Å². The van der Waals surface area contributed by atoms with Crippen LogP contribution < -0.4 is 10.9 Å². The smallest absolute Gasteiger partial charge is 0.275 e. The van der Waals surface area contributed by atoms with E-state index < -0.39 is 0 Å². The average molecular weight is 320 g/mol. The molecule has 7 nitrogen and oxygen atoms in total. The van der Waals surface area contributed by atoms with Crippen LogP contribution >= 0.6 is 11.3 Å². The third kappa shape index (κ3) is 2.88. The molecule has 0 spiro atoms. The number of anilines is 1. The summed E-state index contributed by atoms with van der Waals surface area (Å²) in [6.45, 7) is 1.97. The van der Waals surface area contributed by atoms with Crippen molar-refractivity contribution in [2.24, 2.45) is 0 Å². The van der Waals surface area contributed by atoms with E-state index in [2.05, 4.69) is 15.4 Å². The van der Waals surface area contributed by atoms with Gasteiger partial charge in [0.15, 0.2) is 0 Å². The van der Waals surface area contributed by atoms with Crippen LogP contribution in [0.2, 0.25) is 0 Å². The molecule has 2 N–H and O–H groups in total. The van der Waals surface area contributed by atoms with Gasteiger partial charge < -0.3 is 14.8 Å². The number of aliphatic hydroxyl groups is 1. The first-order valence-corrected chi connectivity index (χ1v) is 7.83. The molecule has 22 heavy (non-hydrogen) atoms. The summed E-state index contributed by atoms with van der Waals surface area (Å²) in [6, 6.07) is 4.91. The highest BCUT2D eigenvalue weighted by Crippen LogP contribution is 2.25. The van der Waals surface area contributed by atoms with E-state index in [9.17, 15) is 9.90 Å². The lowest BCUT2D eigenvalue weighted by molar-refractivity contribution is 0.273. The maximum atomic E-state index is 12.0. The van der Waals surface area contributed by atoms with Gasteiger partial charge in [-0.3, -0.25) is 4.79 Å². The molecule has 0 aliphatic carbocycles. The third-order valence-corrected chi connectivity index (χ3v) is 4.10. The van der Waals surface area contributed by atoms with Crippen molar-refractivity contribution in [2.45, 2.75) is 25.8 Å². The van der Waals surface area contributed by atoms with Gasteiger partial charge in [0.25, 0.3) is 5.56 Å². The van der Waals surface area contributed by atoms with Crippen molar-refractivity contribution in [1.29, 1.82) is 0 Å². The minimum absolute atomic E-state index is 0.0153. The van der Waals surface area contributed by atoms with Crippen LogP contribution in [0.25, 0.3) is 4.96 Å². The molecule has 0 amide bonds. The van der Waals surface area contributed by atoms with Gasteiger partial charge in [0.2, 0.25) is 10.1 Å². The van der Waals surface area contributed by atoms with E-state index in [1.54, 1.807) is 12.3 Å². The summed E-state index contributed by atoms with van der Waals surface area (Å²) in [4.78, 5) is 16.9. The number of nitrogens with zero attached hydrogens (tertiary/aromatic N) is 3. The Morgan fingerprint density at radius 2 is 2.41 bits per heavy atom. The zero-order chi connectivity index (χ0) is 15.5. The number of aryl methyl sites for hydroxylation is 1. The van der Waals surface area contributed by atoms with Crippen molar-refractivity contribution in [3.05, 3.63) is 46.3 Å². The molecule has 3 aromatic heterocycles. The van der Waals surface area contributed by atoms with E-state index in [0.717, 1.165) is 5.69 Å². The lowest BCUT2D eigenvalue weighted by atomic mass is 10.1. The molecule has 8 heteroatoms. The summed E-state index contributed by atoms with van der Waals surface area (Å²) >= 11 is 1.30. The number of aliphatic hydroxyl groups excluding tert-OH is 1. The first-order chi connectivity index (χ1) is 10.7. The highest BCUT2D eigenvalue weighted by Gasteiger charge is 2.17. The normalized spacial score (nSPS) is 12.6. The molecule has 0 aliphatic heterocycles. The fourth-order valence-electron chi connectivity index (χ4n) is 2.15. The molecule has 1 atom stereocenters. The summed E-state index contributed by atoms with van der Waals surface area (Å²) in [6.07, 6.45) is 2.76. The molecule has 3 rings (SSSR count). The number of aromatic nitrogens is 3. The number of nitrogens with one attached hydrogen (secondary N) is 1. The van der Waals surface area contributed by atoms with Gasteiger partial charge in [-0.1, -0.05) is 18.3 Å². The van der Waals surface area contributed by atoms with Gasteiger partial charge in [-0.05, 0) is 25.0 Å². The van der Waals surface area contributed by atoms with Crippen LogP contribution in [0, 0.1) is 0 Å². The van der Waals surface area contributed by atoms with E-state index in [-0.39, 0.29) is 18.2 Å². The summed E-state index contributed by atoms with van der Waals surface area (Å²) in [7, 11) is 0. The molecule has 3 heterocycles. The van der Waals surface area contributed by atoms with E-state index >= 15 is 0 Å². The maximum absolute atomic E-state index is 12.0. The Labute approximate surface area is 130 Å². The van der Waals surface area contributed by atoms with Crippen LogP contribution in [-0.4, -0.2) is 26.3 Å². The molecule has 0 aromatic carbocycles. The lowest BCUT2D eigenvalue weighted by Gasteiger charge is -2.13. The minimum atomic E-state index is -0.207. The quantitative estimate of drug-likeness (QED) is 0.720. The average Bonchev–Trinajstić information content (AvgIpc) is 3.15. The lowest BCUT2D eigenvalue weighted by Crippen LogP contribution is -2.16. The summed E-state index contributed by atoms with van der Waals surface area (Å²) in [5.74, 6) is 0.711. The zero-order valence-corrected chi connectivity index (χ0v) is 12.8. The number of rotatable bonds is 6. The first-order valence-electron chi connectivity index (χ1n) is 7.02. The predicted octanol–water partition coefficient (Wildman–Crippen LogP) is 1.84. The Kier molecular flexibility index (Phi) is 4.21. The van der Waals surface area contributed by atoms with Crippen LogP contribution in [-0.2, 0) is 6.42 Å². The van der Waals surface area contributed by atoms with Crippen molar-refractivity contribution in [3.8, 4) is 0 Å². The number of fused-ring (bicyclic) bond motifs is 1. The Morgan fingerprint density at radius 1 is 1.55 bits per heavy atom. The summed E-state index contributed by atoms with van der Waals surface area (Å²) in [5.41, 5.74) is 0.556. The second kappa shape index (κ2) is 6.29. The van der Waals surface area contributed by atoms with Gasteiger partial charge in [0.05, 0.1) is 12.3 Å². The highest BCUT2D eigenvalue weighted by atomic mass is 32.1. The molecule has 0 bridgehead atoms. The van der Waals surface area contributed by atoms with Crippen molar-refractivity contribution in [3.63, 3.8) is 0 Å². The topological polar surface area (TPSA) is 92.7 Å². The fraction of sp³-hybridized carbons (Fsp3) is 0.357. The van der Waals surface area contributed by atoms with Crippen LogP contribution in [0.5, 0.6) is 0 Å². The Balaban J connectivity index is 1.92. The Hall–Kier alpha value is -2.19. The molecular weight excluding hydrogens is 304 g/mol. The summed E-state index contributed by atoms with van der Waals surface area (Å²) in [5, 5.41) is 17.2. The number of hydrogen-bond acceptors (Lipinski definition) is 7. The molecule has 0 saturated carbocycles. The molecule has 0 saturated heterocycles. The van der Waals surface area contributed by atoms with E-state index in [4.69, 9.17) is 4.42 Å². The predicted molar refractivity (Wildman–Crippen MR) is 83.3 cm³/mol. The van der Waals surface area contributed by atoms with Gasteiger partial charge in [0.1, 0.15) is 5.76 Å². The zero-order valence-electron chi connectivity index (χ0n) is 12.0. The maximum Gasteiger partial charge on any atom is 0.275 e. The second-order valence-corrected chi connectivity index (χ2v) is 5.72. The third-order valence-electron chi connectivity index (χ3n) is 3.26. The number of furan rings is 1. The monoisotopic (exact) mass is 320 g/mol. The van der Waals surface area contributed by atoms with Crippen molar-refractivity contribution < 1.29 is 9.52 Å². The first kappa shape index (κ1) is 14.7. The standard InChI is InChI=1S/C14H16N4O3S/c1-2-9-8-12(20)18-14(15-9)22-13(17-18)16-10(5-6-19)11-4-3-7-21-11/h3-4,7-8,10,19H,2,5-6H2,1H3,(H,16,17). The van der Waals surface area contributed by atoms with Crippen LogP contribution in [0.1, 0.15) is 30.8 Å². The van der Waals surface area contributed by atoms with Gasteiger partial charge in [-0.2, -0.15) is 4.52 Å². The summed E-state index contributed by atoms with van der Waals surface area (Å²) < 4.78 is 6.66. The minimum Gasteiger partial charge on any atom is -0.467 e. The molecule has 0 aliphatic rings. The van der Waals surface area contributed by atoms with Gasteiger partial charge in [0, 0.05) is 18.4 Å². The SMILES string of the molecule is CCc1cc(=O)n2nc(NC(CCO)c3ccco3)sc2n1. The number of hydrogen-bond donors (Lipinski definition) is 2. The van der Waals surface area contributed by atoms with Gasteiger partial charge in [-0.25, -0.2) is 4.98 Å². The van der Waals surface area contributed by atoms with E-state index in [0.29, 0.717) is 28.7 Å². The molecule has 116 valence electrons. The molecule has 0 radical (unpaired) electrons. The molecule has 0 fully saturated rings. The van der Waals surface area contributed by atoms with Gasteiger partial charge >= 0.3 is 0 Å². The van der Waals surface area contributed by atoms with Crippen molar-refractivity contribution in [2.75, 3.05) is 11.9 Å². The Morgan fingerprint density at radius 3 is 3.09 bits per heavy atom. The Bertz CT molecular complexity index is 809. The largest absolute Gasteiger partial charge is 0.467 e. The molecular formula is C14H16N4O3S. The van der Waals surface area contributed by atoms with E-state index in [1.807, 2.05) is 13.0 Å². The highest BCUT2D eigenvalue weighted by molar-refractivity contribution is 7.20. The van der Waals surface area contributed by atoms with Crippen LogP contribution in [0.3, 0.4) is 0 Å². The fourth-order valence-corrected chi connectivity index (χ4v) is 3.03. The molecule has 3 aromatic rings. The second-order valence-electron chi connectivity index (χ2n) is 4.77.